The predicted octanol–water partition coefficient (Wildman–Crippen LogP) is 4.25. The summed E-state index contributed by atoms with van der Waals surface area (Å²) in [7, 11) is 0. The minimum atomic E-state index is -0.837. The van der Waals surface area contributed by atoms with Crippen molar-refractivity contribution in [2.75, 3.05) is 31.1 Å². The number of rotatable bonds is 4. The number of likely N-dealkylation sites (tertiary alicyclic amines) is 1. The van der Waals surface area contributed by atoms with E-state index in [1.165, 1.54) is 0 Å². The molecule has 1 aromatic heterocycles. The Kier molecular flexibility index (Phi) is 5.28. The maximum absolute atomic E-state index is 14.9. The molecule has 3 heterocycles. The average Bonchev–Trinajstić information content (AvgIpc) is 3.26. The Labute approximate surface area is 178 Å². The van der Waals surface area contributed by atoms with Gasteiger partial charge in [-0.15, -0.1) is 0 Å². The lowest BCUT2D eigenvalue weighted by Crippen LogP contribution is -2.58. The molecule has 1 saturated carbocycles. The van der Waals surface area contributed by atoms with Gasteiger partial charge in [0.2, 0.25) is 0 Å². The van der Waals surface area contributed by atoms with Crippen LogP contribution in [0.1, 0.15) is 48.9 Å². The van der Waals surface area contributed by atoms with Gasteiger partial charge in [0.15, 0.2) is 0 Å². The number of fused-ring (bicyclic) bond motifs is 2. The minimum Gasteiger partial charge on any atom is -0.383 e. The summed E-state index contributed by atoms with van der Waals surface area (Å²) in [6.45, 7) is 6.42. The number of anilines is 1. The van der Waals surface area contributed by atoms with Crippen molar-refractivity contribution >= 4 is 5.69 Å². The monoisotopic (exact) mass is 409 g/mol. The molecule has 1 unspecified atom stereocenters. The van der Waals surface area contributed by atoms with Gasteiger partial charge in [0.1, 0.15) is 11.4 Å². The van der Waals surface area contributed by atoms with Gasteiger partial charge in [-0.1, -0.05) is 12.5 Å². The molecular weight excluding hydrogens is 377 g/mol. The normalized spacial score (nSPS) is 29.4. The van der Waals surface area contributed by atoms with Crippen LogP contribution in [0.5, 0.6) is 0 Å². The molecule has 3 fully saturated rings. The van der Waals surface area contributed by atoms with E-state index in [9.17, 15) is 9.50 Å². The summed E-state index contributed by atoms with van der Waals surface area (Å²) in [5, 5.41) is 11.7. The van der Waals surface area contributed by atoms with Crippen LogP contribution in [0.2, 0.25) is 0 Å². The van der Waals surface area contributed by atoms with Crippen LogP contribution in [0, 0.1) is 24.6 Å². The highest BCUT2D eigenvalue weighted by Gasteiger charge is 2.52. The Morgan fingerprint density at radius 2 is 1.83 bits per heavy atom. The number of piperidine rings is 1. The number of nitrogens with zero attached hydrogens (tertiary/aromatic N) is 3. The number of aliphatic hydroxyl groups is 1. The number of pyridine rings is 1. The molecule has 4 nitrogen and oxygen atoms in total. The number of aryl methyl sites for hydroxylation is 1. The molecule has 30 heavy (non-hydrogen) atoms. The molecule has 0 spiro atoms. The molecule has 1 aromatic carbocycles. The van der Waals surface area contributed by atoms with Crippen LogP contribution < -0.4 is 4.90 Å². The predicted molar refractivity (Wildman–Crippen MR) is 117 cm³/mol. The Bertz CT molecular complexity index is 883. The van der Waals surface area contributed by atoms with Crippen molar-refractivity contribution in [2.24, 2.45) is 11.8 Å². The van der Waals surface area contributed by atoms with Crippen LogP contribution in [-0.2, 0) is 12.1 Å². The molecule has 5 heteroatoms. The highest BCUT2D eigenvalue weighted by atomic mass is 19.1. The molecule has 2 aliphatic heterocycles. The zero-order valence-electron chi connectivity index (χ0n) is 17.9. The largest absolute Gasteiger partial charge is 0.383 e. The fraction of sp³-hybridized carbons (Fsp3) is 0.560. The third-order valence-corrected chi connectivity index (χ3v) is 7.63. The molecule has 2 aromatic rings. The van der Waals surface area contributed by atoms with E-state index >= 15 is 0 Å². The molecule has 1 aliphatic carbocycles. The summed E-state index contributed by atoms with van der Waals surface area (Å²) in [6.07, 6.45) is 7.27. The van der Waals surface area contributed by atoms with Gasteiger partial charge in [-0.25, -0.2) is 4.39 Å². The van der Waals surface area contributed by atoms with E-state index in [4.69, 9.17) is 0 Å². The maximum Gasteiger partial charge on any atom is 0.146 e. The average molecular weight is 410 g/mol. The fourth-order valence-corrected chi connectivity index (χ4v) is 6.01. The van der Waals surface area contributed by atoms with Gasteiger partial charge in [-0.05, 0) is 68.0 Å². The van der Waals surface area contributed by atoms with Crippen LogP contribution in [0.25, 0.3) is 0 Å². The molecular formula is C25H32FN3O. The Hall–Kier alpha value is -1.98. The first-order valence-corrected chi connectivity index (χ1v) is 11.5. The fourth-order valence-electron chi connectivity index (χ4n) is 6.01. The van der Waals surface area contributed by atoms with Gasteiger partial charge >= 0.3 is 0 Å². The first-order valence-electron chi connectivity index (χ1n) is 11.5. The van der Waals surface area contributed by atoms with E-state index in [-0.39, 0.29) is 17.7 Å². The van der Waals surface area contributed by atoms with Gasteiger partial charge in [0.25, 0.3) is 0 Å². The van der Waals surface area contributed by atoms with Crippen LogP contribution in [0.3, 0.4) is 0 Å². The van der Waals surface area contributed by atoms with Crippen LogP contribution in [-0.4, -0.2) is 41.2 Å². The van der Waals surface area contributed by atoms with Crippen LogP contribution in [0.4, 0.5) is 10.1 Å². The van der Waals surface area contributed by atoms with Crippen molar-refractivity contribution < 1.29 is 9.50 Å². The van der Waals surface area contributed by atoms with E-state index in [0.717, 1.165) is 87.3 Å². The highest BCUT2D eigenvalue weighted by molar-refractivity contribution is 5.53. The van der Waals surface area contributed by atoms with E-state index in [0.29, 0.717) is 0 Å². The number of hydrogen-bond donors (Lipinski definition) is 1. The first kappa shape index (κ1) is 20.0. The molecule has 2 bridgehead atoms. The lowest BCUT2D eigenvalue weighted by Gasteiger charge is -2.52. The third-order valence-electron chi connectivity index (χ3n) is 7.63. The molecule has 160 valence electrons. The molecule has 2 saturated heterocycles. The topological polar surface area (TPSA) is 39.6 Å². The number of benzene rings is 1. The second-order valence-electron chi connectivity index (χ2n) is 9.48. The summed E-state index contributed by atoms with van der Waals surface area (Å²) >= 11 is 0. The van der Waals surface area contributed by atoms with E-state index in [2.05, 4.69) is 21.7 Å². The Morgan fingerprint density at radius 3 is 2.50 bits per heavy atom. The lowest BCUT2D eigenvalue weighted by atomic mass is 9.64. The first-order chi connectivity index (χ1) is 14.6. The number of hydrogen-bond acceptors (Lipinski definition) is 4. The van der Waals surface area contributed by atoms with Crippen molar-refractivity contribution in [2.45, 2.75) is 51.2 Å². The smallest absolute Gasteiger partial charge is 0.146 e. The second kappa shape index (κ2) is 7.93. The molecule has 5 rings (SSSR count). The number of aromatic nitrogens is 1. The molecule has 3 aliphatic rings. The van der Waals surface area contributed by atoms with Crippen molar-refractivity contribution in [3.63, 3.8) is 0 Å². The van der Waals surface area contributed by atoms with E-state index in [1.54, 1.807) is 12.3 Å². The molecule has 3 atom stereocenters. The Balaban J connectivity index is 1.36. The van der Waals surface area contributed by atoms with Crippen LogP contribution >= 0.6 is 0 Å². The van der Waals surface area contributed by atoms with Gasteiger partial charge in [-0.3, -0.25) is 9.88 Å². The highest BCUT2D eigenvalue weighted by Crippen LogP contribution is 2.48. The van der Waals surface area contributed by atoms with Crippen molar-refractivity contribution in [1.29, 1.82) is 0 Å². The summed E-state index contributed by atoms with van der Waals surface area (Å²) in [5.74, 6) is 0.252. The summed E-state index contributed by atoms with van der Waals surface area (Å²) < 4.78 is 14.9. The van der Waals surface area contributed by atoms with Crippen molar-refractivity contribution in [3.05, 3.63) is 59.2 Å². The Morgan fingerprint density at radius 1 is 1.10 bits per heavy atom. The molecule has 0 radical (unpaired) electrons. The van der Waals surface area contributed by atoms with Gasteiger partial charge in [0.05, 0.1) is 11.4 Å². The van der Waals surface area contributed by atoms with E-state index in [1.807, 2.05) is 24.3 Å². The molecule has 0 amide bonds. The summed E-state index contributed by atoms with van der Waals surface area (Å²) in [4.78, 5) is 9.11. The van der Waals surface area contributed by atoms with Gasteiger partial charge in [0, 0.05) is 50.8 Å². The number of halogens is 1. The van der Waals surface area contributed by atoms with Gasteiger partial charge in [-0.2, -0.15) is 0 Å². The van der Waals surface area contributed by atoms with E-state index < -0.39 is 5.60 Å². The lowest BCUT2D eigenvalue weighted by molar-refractivity contribution is -0.151. The van der Waals surface area contributed by atoms with Crippen molar-refractivity contribution in [1.82, 2.24) is 9.88 Å². The third kappa shape index (κ3) is 3.42. The van der Waals surface area contributed by atoms with Crippen LogP contribution in [0.15, 0.2) is 36.5 Å². The zero-order valence-corrected chi connectivity index (χ0v) is 17.9. The second-order valence-corrected chi connectivity index (χ2v) is 9.48. The minimum absolute atomic E-state index is 0.0975. The molecule has 1 N–H and O–H groups in total. The SMILES string of the molecule is Cc1cc(N2CCCC2)c(F)cc1CN1C[C@H]2CCC[C@@H](C1)C2(O)c1ccccn1. The van der Waals surface area contributed by atoms with Gasteiger partial charge < -0.3 is 10.0 Å². The summed E-state index contributed by atoms with van der Waals surface area (Å²) in [5.41, 5.74) is 2.96. The standard InChI is InChI=1S/C25H32FN3O/c1-18-13-23(29-11-4-5-12-29)22(26)14-19(18)15-28-16-20-7-6-8-21(17-28)25(20,30)24-9-2-3-10-27-24/h2-3,9-10,13-14,20-21,30H,4-8,11-12,15-17H2,1H3/t20-,21+,25?. The van der Waals surface area contributed by atoms with Crippen molar-refractivity contribution in [3.8, 4) is 0 Å². The summed E-state index contributed by atoms with van der Waals surface area (Å²) in [6, 6.07) is 9.62. The maximum atomic E-state index is 14.9. The zero-order chi connectivity index (χ0) is 20.7. The quantitative estimate of drug-likeness (QED) is 0.820.